The van der Waals surface area contributed by atoms with Crippen molar-refractivity contribution in [3.63, 3.8) is 0 Å². The van der Waals surface area contributed by atoms with Crippen LogP contribution in [-0.4, -0.2) is 14.8 Å². The number of thioether (sulfide) groups is 1. The number of aromatic amines is 1. The van der Waals surface area contributed by atoms with Crippen LogP contribution >= 0.6 is 11.8 Å². The molecule has 0 amide bonds. The van der Waals surface area contributed by atoms with Crippen molar-refractivity contribution in [3.8, 4) is 0 Å². The van der Waals surface area contributed by atoms with Gasteiger partial charge < -0.3 is 0 Å². The molecule has 1 heterocycles. The summed E-state index contributed by atoms with van der Waals surface area (Å²) in [6, 6.07) is 8.40. The summed E-state index contributed by atoms with van der Waals surface area (Å²) in [5.74, 6) is 0.831. The van der Waals surface area contributed by atoms with Gasteiger partial charge >= 0.3 is 5.69 Å². The van der Waals surface area contributed by atoms with Crippen molar-refractivity contribution in [2.45, 2.75) is 44.1 Å². The second-order valence-electron chi connectivity index (χ2n) is 4.59. The first-order chi connectivity index (χ1) is 9.20. The number of aromatic nitrogens is 3. The van der Waals surface area contributed by atoms with Gasteiger partial charge in [-0.2, -0.15) is 0 Å². The van der Waals surface area contributed by atoms with Crippen LogP contribution in [0.5, 0.6) is 0 Å². The molecule has 4 nitrogen and oxygen atoms in total. The Bertz CT molecular complexity index is 588. The van der Waals surface area contributed by atoms with E-state index in [-0.39, 0.29) is 5.69 Å². The Hall–Kier alpha value is -1.49. The zero-order chi connectivity index (χ0) is 13.7. The molecule has 0 unspecified atom stereocenters. The third-order valence-corrected chi connectivity index (χ3v) is 3.96. The van der Waals surface area contributed by atoms with E-state index in [9.17, 15) is 4.79 Å². The summed E-state index contributed by atoms with van der Waals surface area (Å²) < 4.78 is 1.73. The number of hydrogen-bond acceptors (Lipinski definition) is 3. The first kappa shape index (κ1) is 13.9. The van der Waals surface area contributed by atoms with E-state index in [1.165, 1.54) is 11.1 Å². The van der Waals surface area contributed by atoms with Crippen molar-refractivity contribution >= 4 is 11.8 Å². The fourth-order valence-electron chi connectivity index (χ4n) is 1.88. The highest BCUT2D eigenvalue weighted by molar-refractivity contribution is 7.98. The monoisotopic (exact) mass is 277 g/mol. The minimum Gasteiger partial charge on any atom is -0.270 e. The number of hydrogen-bond donors (Lipinski definition) is 1. The Morgan fingerprint density at radius 1 is 1.42 bits per heavy atom. The second-order valence-corrected chi connectivity index (χ2v) is 5.54. The van der Waals surface area contributed by atoms with Crippen LogP contribution in [0, 0.1) is 6.92 Å². The predicted octanol–water partition coefficient (Wildman–Crippen LogP) is 2.97. The van der Waals surface area contributed by atoms with Gasteiger partial charge in [0.2, 0.25) is 0 Å². The highest BCUT2D eigenvalue weighted by Crippen LogP contribution is 2.20. The molecule has 2 aromatic rings. The lowest BCUT2D eigenvalue weighted by Crippen LogP contribution is -2.17. The molecular weight excluding hydrogens is 258 g/mol. The van der Waals surface area contributed by atoms with Crippen LogP contribution in [0.4, 0.5) is 0 Å². The summed E-state index contributed by atoms with van der Waals surface area (Å²) in [5, 5.41) is 7.40. The van der Waals surface area contributed by atoms with Crippen molar-refractivity contribution in [3.05, 3.63) is 45.9 Å². The molecule has 0 fully saturated rings. The maximum absolute atomic E-state index is 11.6. The van der Waals surface area contributed by atoms with Crippen LogP contribution in [0.15, 0.2) is 34.2 Å². The molecule has 0 saturated heterocycles. The molecule has 5 heteroatoms. The number of nitrogens with one attached hydrogen (secondary N) is 1. The zero-order valence-electron chi connectivity index (χ0n) is 11.3. The van der Waals surface area contributed by atoms with Crippen molar-refractivity contribution in [1.29, 1.82) is 0 Å². The highest BCUT2D eigenvalue weighted by Gasteiger charge is 2.08. The van der Waals surface area contributed by atoms with Gasteiger partial charge in [0.05, 0.1) is 0 Å². The summed E-state index contributed by atoms with van der Waals surface area (Å²) in [5.41, 5.74) is 2.39. The summed E-state index contributed by atoms with van der Waals surface area (Å²) in [6.07, 6.45) is 2.07. The molecular formula is C14H19N3OS. The molecule has 0 aliphatic carbocycles. The van der Waals surface area contributed by atoms with Gasteiger partial charge in [-0.25, -0.2) is 9.89 Å². The molecule has 0 aliphatic heterocycles. The number of aryl methyl sites for hydroxylation is 1. The third-order valence-electron chi connectivity index (χ3n) is 2.91. The molecule has 19 heavy (non-hydrogen) atoms. The van der Waals surface area contributed by atoms with Gasteiger partial charge in [0.25, 0.3) is 0 Å². The Morgan fingerprint density at radius 2 is 2.26 bits per heavy atom. The smallest absolute Gasteiger partial charge is 0.270 e. The van der Waals surface area contributed by atoms with Crippen LogP contribution in [0.25, 0.3) is 0 Å². The van der Waals surface area contributed by atoms with E-state index < -0.39 is 0 Å². The van der Waals surface area contributed by atoms with Gasteiger partial charge in [-0.1, -0.05) is 54.9 Å². The maximum atomic E-state index is 11.6. The summed E-state index contributed by atoms with van der Waals surface area (Å²) in [4.78, 5) is 11.6. The van der Waals surface area contributed by atoms with Crippen molar-refractivity contribution in [2.24, 2.45) is 0 Å². The molecule has 0 aliphatic rings. The van der Waals surface area contributed by atoms with Gasteiger partial charge in [-0.3, -0.25) is 4.57 Å². The van der Waals surface area contributed by atoms with E-state index in [1.807, 2.05) is 0 Å². The molecule has 0 radical (unpaired) electrons. The topological polar surface area (TPSA) is 50.7 Å². The van der Waals surface area contributed by atoms with E-state index >= 15 is 0 Å². The molecule has 1 N–H and O–H groups in total. The number of rotatable bonds is 6. The summed E-state index contributed by atoms with van der Waals surface area (Å²) in [7, 11) is 0. The van der Waals surface area contributed by atoms with Crippen LogP contribution in [0.2, 0.25) is 0 Å². The standard InChI is InChI=1S/C14H19N3OS/c1-3-4-8-17-13(18)15-16-14(17)19-10-12-7-5-6-11(2)9-12/h5-7,9H,3-4,8,10H2,1-2H3,(H,15,18). The first-order valence-electron chi connectivity index (χ1n) is 6.54. The zero-order valence-corrected chi connectivity index (χ0v) is 12.2. The van der Waals surface area contributed by atoms with Gasteiger partial charge in [0.1, 0.15) is 0 Å². The van der Waals surface area contributed by atoms with E-state index in [0.29, 0.717) is 0 Å². The molecule has 0 saturated carbocycles. The van der Waals surface area contributed by atoms with E-state index in [1.54, 1.807) is 16.3 Å². The minimum atomic E-state index is -0.111. The van der Waals surface area contributed by atoms with Gasteiger partial charge in [0.15, 0.2) is 5.16 Å². The Kier molecular flexibility index (Phi) is 4.85. The number of benzene rings is 1. The van der Waals surface area contributed by atoms with Crippen LogP contribution < -0.4 is 5.69 Å². The van der Waals surface area contributed by atoms with E-state index in [2.05, 4.69) is 48.3 Å². The van der Waals surface area contributed by atoms with Gasteiger partial charge in [-0.15, -0.1) is 5.10 Å². The molecule has 2 rings (SSSR count). The van der Waals surface area contributed by atoms with Crippen molar-refractivity contribution < 1.29 is 0 Å². The molecule has 1 aromatic heterocycles. The van der Waals surface area contributed by atoms with E-state index in [0.717, 1.165) is 30.3 Å². The van der Waals surface area contributed by atoms with Crippen LogP contribution in [0.3, 0.4) is 0 Å². The Morgan fingerprint density at radius 3 is 3.00 bits per heavy atom. The molecule has 0 atom stereocenters. The highest BCUT2D eigenvalue weighted by atomic mass is 32.2. The quantitative estimate of drug-likeness (QED) is 0.826. The van der Waals surface area contributed by atoms with Crippen LogP contribution in [-0.2, 0) is 12.3 Å². The first-order valence-corrected chi connectivity index (χ1v) is 7.53. The fourth-order valence-corrected chi connectivity index (χ4v) is 2.79. The van der Waals surface area contributed by atoms with Crippen molar-refractivity contribution in [2.75, 3.05) is 0 Å². The number of nitrogens with zero attached hydrogens (tertiary/aromatic N) is 2. The van der Waals surface area contributed by atoms with E-state index in [4.69, 9.17) is 0 Å². The summed E-state index contributed by atoms with van der Waals surface area (Å²) in [6.45, 7) is 4.94. The second kappa shape index (κ2) is 6.61. The molecule has 1 aromatic carbocycles. The predicted molar refractivity (Wildman–Crippen MR) is 78.5 cm³/mol. The van der Waals surface area contributed by atoms with Crippen LogP contribution in [0.1, 0.15) is 30.9 Å². The van der Waals surface area contributed by atoms with Crippen molar-refractivity contribution in [1.82, 2.24) is 14.8 Å². The Labute approximate surface area is 117 Å². The SMILES string of the molecule is CCCCn1c(SCc2cccc(C)c2)n[nH]c1=O. The lowest BCUT2D eigenvalue weighted by atomic mass is 10.2. The largest absolute Gasteiger partial charge is 0.343 e. The molecule has 0 spiro atoms. The average molecular weight is 277 g/mol. The lowest BCUT2D eigenvalue weighted by molar-refractivity contribution is 0.573. The third kappa shape index (κ3) is 3.73. The fraction of sp³-hybridized carbons (Fsp3) is 0.429. The average Bonchev–Trinajstić information content (AvgIpc) is 2.75. The summed E-state index contributed by atoms with van der Waals surface area (Å²) >= 11 is 1.60. The molecule has 0 bridgehead atoms. The van der Waals surface area contributed by atoms with Gasteiger partial charge in [-0.05, 0) is 18.9 Å². The number of unbranched alkanes of at least 4 members (excludes halogenated alkanes) is 1. The molecule has 102 valence electrons. The Balaban J connectivity index is 2.05. The lowest BCUT2D eigenvalue weighted by Gasteiger charge is -2.05. The maximum Gasteiger partial charge on any atom is 0.343 e. The number of H-pyrrole nitrogens is 1. The van der Waals surface area contributed by atoms with Gasteiger partial charge in [0, 0.05) is 12.3 Å². The normalized spacial score (nSPS) is 10.8. The minimum absolute atomic E-state index is 0.111.